The lowest BCUT2D eigenvalue weighted by atomic mass is 10.0. The number of hydrogen-bond acceptors (Lipinski definition) is 5. The van der Waals surface area contributed by atoms with Crippen LogP contribution in [0.4, 0.5) is 0 Å². The highest BCUT2D eigenvalue weighted by Crippen LogP contribution is 2.29. The molecule has 0 radical (unpaired) electrons. The Balaban J connectivity index is 1.70. The SMILES string of the molecule is CC(=O)OC1=C(C)C(=O)OC1=C[C@H](C)CCC=C(C)CCCC=C(C)CCc1ccoc1. The molecule has 5 heteroatoms. The van der Waals surface area contributed by atoms with Crippen molar-refractivity contribution < 1.29 is 23.5 Å². The van der Waals surface area contributed by atoms with Gasteiger partial charge in [-0.05, 0) is 89.3 Å². The summed E-state index contributed by atoms with van der Waals surface area (Å²) >= 11 is 0. The van der Waals surface area contributed by atoms with Crippen LogP contribution in [-0.2, 0) is 25.5 Å². The molecule has 0 saturated carbocycles. The second kappa shape index (κ2) is 12.9. The van der Waals surface area contributed by atoms with Crippen LogP contribution in [-0.4, -0.2) is 11.9 Å². The van der Waals surface area contributed by atoms with Crippen molar-refractivity contribution >= 4 is 11.9 Å². The van der Waals surface area contributed by atoms with E-state index in [1.54, 1.807) is 13.2 Å². The molecule has 0 saturated heterocycles. The van der Waals surface area contributed by atoms with E-state index in [2.05, 4.69) is 32.9 Å². The molecule has 174 valence electrons. The summed E-state index contributed by atoms with van der Waals surface area (Å²) in [5, 5.41) is 0. The predicted molar refractivity (Wildman–Crippen MR) is 125 cm³/mol. The summed E-state index contributed by atoms with van der Waals surface area (Å²) in [6.45, 7) is 9.37. The van der Waals surface area contributed by atoms with Crippen molar-refractivity contribution in [3.05, 3.63) is 70.6 Å². The fourth-order valence-corrected chi connectivity index (χ4v) is 3.52. The molecule has 1 aromatic heterocycles. The van der Waals surface area contributed by atoms with Gasteiger partial charge in [-0.15, -0.1) is 0 Å². The number of cyclic esters (lactones) is 1. The monoisotopic (exact) mass is 440 g/mol. The van der Waals surface area contributed by atoms with Crippen LogP contribution in [0.1, 0.15) is 78.7 Å². The summed E-state index contributed by atoms with van der Waals surface area (Å²) in [6.07, 6.45) is 17.4. The smallest absolute Gasteiger partial charge is 0.343 e. The highest BCUT2D eigenvalue weighted by molar-refractivity contribution is 5.94. The van der Waals surface area contributed by atoms with Gasteiger partial charge >= 0.3 is 11.9 Å². The molecule has 2 heterocycles. The molecule has 0 bridgehead atoms. The van der Waals surface area contributed by atoms with Gasteiger partial charge in [0.15, 0.2) is 11.5 Å². The first kappa shape index (κ1) is 25.4. The highest BCUT2D eigenvalue weighted by Gasteiger charge is 2.29. The second-order valence-electron chi connectivity index (χ2n) is 8.65. The zero-order chi connectivity index (χ0) is 23.5. The lowest BCUT2D eigenvalue weighted by Gasteiger charge is -2.09. The zero-order valence-corrected chi connectivity index (χ0v) is 20.0. The van der Waals surface area contributed by atoms with E-state index in [0.717, 1.165) is 44.9 Å². The van der Waals surface area contributed by atoms with Crippen LogP contribution in [0.2, 0.25) is 0 Å². The maximum atomic E-state index is 11.8. The fraction of sp³-hybridized carbons (Fsp3) is 0.481. The van der Waals surface area contributed by atoms with Crippen LogP contribution < -0.4 is 0 Å². The molecule has 0 fully saturated rings. The Kier molecular flexibility index (Phi) is 10.3. The third kappa shape index (κ3) is 8.74. The number of hydrogen-bond donors (Lipinski definition) is 0. The van der Waals surface area contributed by atoms with Gasteiger partial charge in [0.1, 0.15) is 0 Å². The van der Waals surface area contributed by atoms with Crippen molar-refractivity contribution in [1.82, 2.24) is 0 Å². The van der Waals surface area contributed by atoms with Crippen molar-refractivity contribution in [1.29, 1.82) is 0 Å². The molecule has 0 unspecified atom stereocenters. The number of ether oxygens (including phenoxy) is 2. The first-order valence-corrected chi connectivity index (χ1v) is 11.4. The van der Waals surface area contributed by atoms with Crippen LogP contribution in [0.15, 0.2) is 69.5 Å². The number of esters is 2. The number of rotatable bonds is 12. The summed E-state index contributed by atoms with van der Waals surface area (Å²) in [6, 6.07) is 2.02. The molecule has 2 rings (SSSR count). The second-order valence-corrected chi connectivity index (χ2v) is 8.65. The fourth-order valence-electron chi connectivity index (χ4n) is 3.52. The third-order valence-electron chi connectivity index (χ3n) is 5.53. The topological polar surface area (TPSA) is 65.7 Å². The Morgan fingerprint density at radius 1 is 1.12 bits per heavy atom. The minimum atomic E-state index is -0.460. The first-order chi connectivity index (χ1) is 15.3. The maximum Gasteiger partial charge on any atom is 0.343 e. The molecule has 0 amide bonds. The number of carbonyl (C=O) groups excluding carboxylic acids is 2. The van der Waals surface area contributed by atoms with Gasteiger partial charge in [0.25, 0.3) is 0 Å². The lowest BCUT2D eigenvalue weighted by molar-refractivity contribution is -0.137. The number of aryl methyl sites for hydroxylation is 1. The standard InChI is InChI=1S/C27H36O5/c1-19(9-6-7-10-20(2)13-14-24-15-16-30-18-24)11-8-12-21(3)17-25-26(31-23(5)28)22(4)27(29)32-25/h10-11,15-18,21H,6-9,12-14H2,1-5H3/t21-/m1/s1. The minimum Gasteiger partial charge on any atom is -0.472 e. The predicted octanol–water partition coefficient (Wildman–Crippen LogP) is 6.97. The molecule has 1 aromatic rings. The van der Waals surface area contributed by atoms with Crippen LogP contribution in [0, 0.1) is 5.92 Å². The summed E-state index contributed by atoms with van der Waals surface area (Å²) in [5.41, 5.74) is 4.42. The van der Waals surface area contributed by atoms with Gasteiger partial charge < -0.3 is 13.9 Å². The summed E-state index contributed by atoms with van der Waals surface area (Å²) in [4.78, 5) is 23.1. The van der Waals surface area contributed by atoms with Gasteiger partial charge in [-0.25, -0.2) is 4.79 Å². The van der Waals surface area contributed by atoms with Crippen LogP contribution in [0.5, 0.6) is 0 Å². The third-order valence-corrected chi connectivity index (χ3v) is 5.53. The van der Waals surface area contributed by atoms with E-state index < -0.39 is 11.9 Å². The molecule has 32 heavy (non-hydrogen) atoms. The quantitative estimate of drug-likeness (QED) is 0.199. The van der Waals surface area contributed by atoms with E-state index in [4.69, 9.17) is 13.9 Å². The molecular formula is C27H36O5. The Labute approximate surface area is 191 Å². The number of allylic oxidation sites excluding steroid dienone is 5. The highest BCUT2D eigenvalue weighted by atomic mass is 16.6. The Hall–Kier alpha value is -2.82. The van der Waals surface area contributed by atoms with Crippen molar-refractivity contribution in [2.75, 3.05) is 0 Å². The van der Waals surface area contributed by atoms with Crippen molar-refractivity contribution in [3.8, 4) is 0 Å². The molecule has 1 aliphatic rings. The van der Waals surface area contributed by atoms with Gasteiger partial charge in [0, 0.05) is 6.92 Å². The van der Waals surface area contributed by atoms with E-state index in [9.17, 15) is 9.59 Å². The summed E-state index contributed by atoms with van der Waals surface area (Å²) in [5.74, 6) is -0.127. The van der Waals surface area contributed by atoms with Gasteiger partial charge in [-0.2, -0.15) is 0 Å². The molecule has 0 N–H and O–H groups in total. The molecule has 0 spiro atoms. The maximum absolute atomic E-state index is 11.8. The van der Waals surface area contributed by atoms with Crippen molar-refractivity contribution in [3.63, 3.8) is 0 Å². The van der Waals surface area contributed by atoms with E-state index in [1.165, 1.54) is 23.6 Å². The van der Waals surface area contributed by atoms with Crippen molar-refractivity contribution in [2.24, 2.45) is 5.92 Å². The number of carbonyl (C=O) groups is 2. The Morgan fingerprint density at radius 2 is 1.84 bits per heavy atom. The molecular weight excluding hydrogens is 404 g/mol. The Bertz CT molecular complexity index is 896. The minimum absolute atomic E-state index is 0.194. The molecule has 0 aliphatic carbocycles. The zero-order valence-electron chi connectivity index (χ0n) is 20.0. The average Bonchev–Trinajstić information content (AvgIpc) is 3.34. The van der Waals surface area contributed by atoms with Gasteiger partial charge in [0.2, 0.25) is 0 Å². The van der Waals surface area contributed by atoms with Crippen LogP contribution in [0.3, 0.4) is 0 Å². The molecule has 0 aromatic carbocycles. The normalized spacial score (nSPS) is 17.2. The summed E-state index contributed by atoms with van der Waals surface area (Å²) in [7, 11) is 0. The van der Waals surface area contributed by atoms with E-state index >= 15 is 0 Å². The van der Waals surface area contributed by atoms with E-state index in [0.29, 0.717) is 11.3 Å². The van der Waals surface area contributed by atoms with Crippen LogP contribution in [0.25, 0.3) is 0 Å². The van der Waals surface area contributed by atoms with Gasteiger partial charge in [-0.1, -0.05) is 30.2 Å². The number of unbranched alkanes of at least 4 members (excludes halogenated alkanes) is 1. The molecule has 1 atom stereocenters. The number of furan rings is 1. The Morgan fingerprint density at radius 3 is 2.53 bits per heavy atom. The van der Waals surface area contributed by atoms with Crippen molar-refractivity contribution in [2.45, 2.75) is 79.6 Å². The first-order valence-electron chi connectivity index (χ1n) is 11.4. The van der Waals surface area contributed by atoms with Crippen LogP contribution >= 0.6 is 0 Å². The van der Waals surface area contributed by atoms with E-state index in [-0.39, 0.29) is 11.7 Å². The van der Waals surface area contributed by atoms with Gasteiger partial charge in [-0.3, -0.25) is 4.79 Å². The largest absolute Gasteiger partial charge is 0.472 e. The molecule has 5 nitrogen and oxygen atoms in total. The lowest BCUT2D eigenvalue weighted by Crippen LogP contribution is -2.02. The average molecular weight is 441 g/mol. The summed E-state index contributed by atoms with van der Waals surface area (Å²) < 4.78 is 15.5. The van der Waals surface area contributed by atoms with Gasteiger partial charge in [0.05, 0.1) is 18.1 Å². The molecule has 1 aliphatic heterocycles. The van der Waals surface area contributed by atoms with E-state index in [1.807, 2.05) is 18.4 Å².